The summed E-state index contributed by atoms with van der Waals surface area (Å²) in [6.45, 7) is 2.33. The Morgan fingerprint density at radius 1 is 1.38 bits per heavy atom. The van der Waals surface area contributed by atoms with Crippen molar-refractivity contribution in [2.24, 2.45) is 11.8 Å². The van der Waals surface area contributed by atoms with Crippen molar-refractivity contribution < 1.29 is 4.74 Å². The summed E-state index contributed by atoms with van der Waals surface area (Å²) < 4.78 is 5.49. The maximum absolute atomic E-state index is 5.49. The third-order valence-corrected chi connectivity index (χ3v) is 2.42. The van der Waals surface area contributed by atoms with Crippen molar-refractivity contribution >= 4 is 11.6 Å². The first-order valence-corrected chi connectivity index (χ1v) is 5.49. The Morgan fingerprint density at radius 2 is 2.19 bits per heavy atom. The molecule has 0 bridgehead atoms. The Balaban J connectivity index is 1.63. The molecule has 6 heteroatoms. The molecule has 0 saturated heterocycles. The maximum atomic E-state index is 5.49. The van der Waals surface area contributed by atoms with Gasteiger partial charge in [0.05, 0.1) is 6.61 Å². The van der Waals surface area contributed by atoms with Gasteiger partial charge in [-0.3, -0.25) is 0 Å². The molecular weight excluding hydrogens is 206 g/mol. The molecule has 0 amide bonds. The molecule has 0 aliphatic heterocycles. The first-order chi connectivity index (χ1) is 7.88. The highest BCUT2D eigenvalue weighted by Crippen LogP contribution is 2.28. The van der Waals surface area contributed by atoms with Crippen LogP contribution in [0.3, 0.4) is 0 Å². The predicted molar refractivity (Wildman–Crippen MR) is 61.9 cm³/mol. The van der Waals surface area contributed by atoms with Gasteiger partial charge in [-0.15, -0.1) is 0 Å². The highest BCUT2D eigenvalue weighted by molar-refractivity contribution is 5.45. The van der Waals surface area contributed by atoms with E-state index in [1.54, 1.807) is 6.07 Å². The van der Waals surface area contributed by atoms with Crippen molar-refractivity contribution in [3.05, 3.63) is 12.4 Å². The average molecular weight is 223 g/mol. The van der Waals surface area contributed by atoms with Gasteiger partial charge in [0.25, 0.3) is 0 Å². The first kappa shape index (κ1) is 11.1. The van der Waals surface area contributed by atoms with Crippen LogP contribution in [0.15, 0.2) is 12.4 Å². The highest BCUT2D eigenvalue weighted by Gasteiger charge is 2.20. The fourth-order valence-corrected chi connectivity index (χ4v) is 1.32. The average Bonchev–Trinajstić information content (AvgIpc) is 3.13. The van der Waals surface area contributed by atoms with E-state index in [0.717, 1.165) is 24.9 Å². The number of nitrogens with two attached hydrogens (primary N) is 1. The van der Waals surface area contributed by atoms with E-state index in [2.05, 4.69) is 20.7 Å². The largest absolute Gasteiger partial charge is 0.379 e. The lowest BCUT2D eigenvalue weighted by Crippen LogP contribution is -2.13. The van der Waals surface area contributed by atoms with Gasteiger partial charge in [-0.1, -0.05) is 0 Å². The zero-order valence-electron chi connectivity index (χ0n) is 9.15. The molecule has 1 aliphatic carbocycles. The molecule has 88 valence electrons. The first-order valence-electron chi connectivity index (χ1n) is 5.49. The van der Waals surface area contributed by atoms with E-state index in [9.17, 15) is 0 Å². The molecule has 16 heavy (non-hydrogen) atoms. The number of nitrogens with one attached hydrogen (secondary N) is 2. The molecule has 4 N–H and O–H groups in total. The van der Waals surface area contributed by atoms with Crippen LogP contribution in [0, 0.1) is 5.92 Å². The molecule has 2 rings (SSSR count). The van der Waals surface area contributed by atoms with Crippen molar-refractivity contribution in [3.63, 3.8) is 0 Å². The van der Waals surface area contributed by atoms with Gasteiger partial charge >= 0.3 is 0 Å². The topological polar surface area (TPSA) is 85.1 Å². The Bertz CT molecular complexity index is 329. The summed E-state index contributed by atoms with van der Waals surface area (Å²) in [4.78, 5) is 7.97. The summed E-state index contributed by atoms with van der Waals surface area (Å²) >= 11 is 0. The second kappa shape index (κ2) is 5.62. The lowest BCUT2D eigenvalue weighted by molar-refractivity contribution is 0.134. The molecule has 0 radical (unpaired) electrons. The number of ether oxygens (including phenoxy) is 1. The summed E-state index contributed by atoms with van der Waals surface area (Å²) in [5.74, 6) is 7.40. The second-order valence-electron chi connectivity index (χ2n) is 3.88. The second-order valence-corrected chi connectivity index (χ2v) is 3.88. The van der Waals surface area contributed by atoms with Crippen molar-refractivity contribution in [3.8, 4) is 0 Å². The van der Waals surface area contributed by atoms with Crippen molar-refractivity contribution in [1.82, 2.24) is 9.97 Å². The van der Waals surface area contributed by atoms with Gasteiger partial charge in [0.2, 0.25) is 0 Å². The Hall–Kier alpha value is -1.40. The minimum absolute atomic E-state index is 0.594. The molecule has 6 nitrogen and oxygen atoms in total. The Kier molecular flexibility index (Phi) is 3.90. The SMILES string of the molecule is NNc1cc(NCCOCC2CC2)ncn1. The third-order valence-electron chi connectivity index (χ3n) is 2.42. The van der Waals surface area contributed by atoms with Gasteiger partial charge in [0, 0.05) is 19.2 Å². The minimum Gasteiger partial charge on any atom is -0.379 e. The fourth-order valence-electron chi connectivity index (χ4n) is 1.32. The van der Waals surface area contributed by atoms with Crippen LogP contribution in [0.4, 0.5) is 11.6 Å². The van der Waals surface area contributed by atoms with Gasteiger partial charge in [-0.2, -0.15) is 0 Å². The van der Waals surface area contributed by atoms with Crippen LogP contribution >= 0.6 is 0 Å². The number of nitrogens with zero attached hydrogens (tertiary/aromatic N) is 2. The van der Waals surface area contributed by atoms with Crippen molar-refractivity contribution in [1.29, 1.82) is 0 Å². The summed E-state index contributed by atoms with van der Waals surface area (Å²) in [5, 5.41) is 3.14. The minimum atomic E-state index is 0.594. The molecular formula is C10H17N5O. The van der Waals surface area contributed by atoms with E-state index in [1.165, 1.54) is 19.2 Å². The summed E-state index contributed by atoms with van der Waals surface area (Å²) in [5.41, 5.74) is 2.47. The summed E-state index contributed by atoms with van der Waals surface area (Å²) in [7, 11) is 0. The molecule has 1 heterocycles. The molecule has 1 aromatic rings. The van der Waals surface area contributed by atoms with E-state index in [-0.39, 0.29) is 0 Å². The van der Waals surface area contributed by atoms with Crippen molar-refractivity contribution in [2.45, 2.75) is 12.8 Å². The monoisotopic (exact) mass is 223 g/mol. The lowest BCUT2D eigenvalue weighted by atomic mass is 10.5. The van der Waals surface area contributed by atoms with E-state index in [4.69, 9.17) is 10.6 Å². The zero-order valence-corrected chi connectivity index (χ0v) is 9.15. The molecule has 1 aromatic heterocycles. The third kappa shape index (κ3) is 3.63. The standard InChI is InChI=1S/C10H17N5O/c11-15-10-5-9(13-7-14-10)12-3-4-16-6-8-1-2-8/h5,7-8H,1-4,6,11H2,(H2,12,13,14,15). The normalized spacial score (nSPS) is 14.8. The quantitative estimate of drug-likeness (QED) is 0.356. The lowest BCUT2D eigenvalue weighted by Gasteiger charge is -2.07. The summed E-state index contributed by atoms with van der Waals surface area (Å²) in [6.07, 6.45) is 4.11. The van der Waals surface area contributed by atoms with Crippen LogP contribution in [-0.2, 0) is 4.74 Å². The van der Waals surface area contributed by atoms with Crippen LogP contribution in [0.25, 0.3) is 0 Å². The number of rotatable bonds is 7. The number of hydrogen-bond acceptors (Lipinski definition) is 6. The van der Waals surface area contributed by atoms with Gasteiger partial charge < -0.3 is 15.5 Å². The molecule has 0 aromatic carbocycles. The fraction of sp³-hybridized carbons (Fsp3) is 0.600. The van der Waals surface area contributed by atoms with E-state index < -0.39 is 0 Å². The Labute approximate surface area is 94.6 Å². The van der Waals surface area contributed by atoms with Gasteiger partial charge in [0.15, 0.2) is 0 Å². The molecule has 1 aliphatic rings. The zero-order chi connectivity index (χ0) is 11.2. The Morgan fingerprint density at radius 3 is 2.94 bits per heavy atom. The van der Waals surface area contributed by atoms with E-state index in [1.807, 2.05) is 0 Å². The number of hydrogen-bond donors (Lipinski definition) is 3. The number of anilines is 2. The molecule has 0 spiro atoms. The molecule has 0 unspecified atom stereocenters. The summed E-state index contributed by atoms with van der Waals surface area (Å²) in [6, 6.07) is 1.75. The molecule has 1 saturated carbocycles. The van der Waals surface area contributed by atoms with E-state index >= 15 is 0 Å². The molecule has 1 fully saturated rings. The number of nitrogen functional groups attached to an aromatic ring is 1. The van der Waals surface area contributed by atoms with Crippen LogP contribution in [0.1, 0.15) is 12.8 Å². The molecule has 0 atom stereocenters. The number of hydrazine groups is 1. The van der Waals surface area contributed by atoms with Gasteiger partial charge in [-0.05, 0) is 18.8 Å². The van der Waals surface area contributed by atoms with Crippen LogP contribution in [-0.4, -0.2) is 29.7 Å². The maximum Gasteiger partial charge on any atom is 0.145 e. The predicted octanol–water partition coefficient (Wildman–Crippen LogP) is 0.601. The van der Waals surface area contributed by atoms with E-state index in [0.29, 0.717) is 12.4 Å². The smallest absolute Gasteiger partial charge is 0.145 e. The highest BCUT2D eigenvalue weighted by atomic mass is 16.5. The van der Waals surface area contributed by atoms with Gasteiger partial charge in [-0.25, -0.2) is 15.8 Å². The van der Waals surface area contributed by atoms with Crippen LogP contribution in [0.5, 0.6) is 0 Å². The van der Waals surface area contributed by atoms with Crippen LogP contribution < -0.4 is 16.6 Å². The van der Waals surface area contributed by atoms with Crippen molar-refractivity contribution in [2.75, 3.05) is 30.5 Å². The van der Waals surface area contributed by atoms with Crippen LogP contribution in [0.2, 0.25) is 0 Å². The van der Waals surface area contributed by atoms with Gasteiger partial charge in [0.1, 0.15) is 18.0 Å². The number of aromatic nitrogens is 2.